The van der Waals surface area contributed by atoms with Crippen molar-refractivity contribution in [3.05, 3.63) is 30.3 Å². The van der Waals surface area contributed by atoms with Crippen molar-refractivity contribution in [2.45, 2.75) is 32.0 Å². The number of rotatable bonds is 4. The first kappa shape index (κ1) is 10.2. The van der Waals surface area contributed by atoms with Gasteiger partial charge in [0.2, 0.25) is 0 Å². The van der Waals surface area contributed by atoms with Crippen LogP contribution in [0.1, 0.15) is 19.8 Å². The van der Waals surface area contributed by atoms with Gasteiger partial charge in [0.05, 0.1) is 6.10 Å². The fourth-order valence-electron chi connectivity index (χ4n) is 1.52. The van der Waals surface area contributed by atoms with Gasteiger partial charge in [0.1, 0.15) is 5.75 Å². The van der Waals surface area contributed by atoms with Crippen molar-refractivity contribution < 1.29 is 14.3 Å². The molecular weight excluding hydrogens is 192 g/mol. The summed E-state index contributed by atoms with van der Waals surface area (Å²) in [7, 11) is 0. The Morgan fingerprint density at radius 3 is 2.80 bits per heavy atom. The maximum Gasteiger partial charge on any atom is 0.343 e. The van der Waals surface area contributed by atoms with Gasteiger partial charge in [-0.25, -0.2) is 4.79 Å². The van der Waals surface area contributed by atoms with E-state index in [1.807, 2.05) is 18.2 Å². The van der Waals surface area contributed by atoms with Crippen LogP contribution in [-0.4, -0.2) is 18.2 Å². The molecule has 1 aliphatic heterocycles. The highest BCUT2D eigenvalue weighted by Crippen LogP contribution is 2.28. The lowest BCUT2D eigenvalue weighted by Gasteiger charge is -2.00. The number of para-hydroxylation sites is 1. The number of carbonyl (C=O) groups excluding carboxylic acids is 1. The topological polar surface area (TPSA) is 38.8 Å². The van der Waals surface area contributed by atoms with Gasteiger partial charge >= 0.3 is 5.97 Å². The molecule has 1 aromatic rings. The van der Waals surface area contributed by atoms with Crippen LogP contribution >= 0.6 is 0 Å². The van der Waals surface area contributed by atoms with Gasteiger partial charge in [0, 0.05) is 0 Å². The predicted octanol–water partition coefficient (Wildman–Crippen LogP) is 2.16. The fourth-order valence-corrected chi connectivity index (χ4v) is 1.52. The van der Waals surface area contributed by atoms with E-state index in [2.05, 4.69) is 6.92 Å². The van der Waals surface area contributed by atoms with Crippen LogP contribution < -0.4 is 4.74 Å². The zero-order valence-corrected chi connectivity index (χ0v) is 8.68. The van der Waals surface area contributed by atoms with E-state index in [9.17, 15) is 4.79 Å². The monoisotopic (exact) mass is 206 g/mol. The third-order valence-electron chi connectivity index (χ3n) is 2.35. The smallest absolute Gasteiger partial charge is 0.343 e. The number of hydrogen-bond acceptors (Lipinski definition) is 3. The summed E-state index contributed by atoms with van der Waals surface area (Å²) in [5, 5.41) is 0. The summed E-state index contributed by atoms with van der Waals surface area (Å²) in [4.78, 5) is 11.5. The Balaban J connectivity index is 1.84. The zero-order chi connectivity index (χ0) is 10.7. The highest BCUT2D eigenvalue weighted by atomic mass is 16.6. The molecule has 0 saturated carbocycles. The molecule has 0 aromatic heterocycles. The number of hydrogen-bond donors (Lipinski definition) is 0. The Kier molecular flexibility index (Phi) is 3.02. The van der Waals surface area contributed by atoms with Crippen molar-refractivity contribution in [3.8, 4) is 5.75 Å². The summed E-state index contributed by atoms with van der Waals surface area (Å²) in [6, 6.07) is 9.06. The van der Waals surface area contributed by atoms with Crippen LogP contribution in [0.5, 0.6) is 5.75 Å². The molecule has 0 aliphatic carbocycles. The number of esters is 1. The maximum atomic E-state index is 11.5. The van der Waals surface area contributed by atoms with Crippen molar-refractivity contribution in [1.82, 2.24) is 0 Å². The molecule has 0 radical (unpaired) electrons. The Bertz CT molecular complexity index is 334. The van der Waals surface area contributed by atoms with Gasteiger partial charge < -0.3 is 9.47 Å². The van der Waals surface area contributed by atoms with Crippen LogP contribution in [0.4, 0.5) is 0 Å². The molecule has 2 atom stereocenters. The van der Waals surface area contributed by atoms with Crippen molar-refractivity contribution in [2.24, 2.45) is 0 Å². The number of benzene rings is 1. The Labute approximate surface area is 89.0 Å². The molecule has 1 heterocycles. The molecule has 3 heteroatoms. The molecule has 0 bridgehead atoms. The molecule has 15 heavy (non-hydrogen) atoms. The third kappa shape index (κ3) is 2.57. The van der Waals surface area contributed by atoms with E-state index in [1.54, 1.807) is 12.1 Å². The number of carbonyl (C=O) groups is 1. The van der Waals surface area contributed by atoms with E-state index >= 15 is 0 Å². The van der Waals surface area contributed by atoms with Crippen molar-refractivity contribution >= 4 is 5.97 Å². The van der Waals surface area contributed by atoms with Crippen molar-refractivity contribution in [2.75, 3.05) is 0 Å². The van der Waals surface area contributed by atoms with Gasteiger partial charge in [-0.15, -0.1) is 0 Å². The summed E-state index contributed by atoms with van der Waals surface area (Å²) in [5.74, 6) is 0.299. The second kappa shape index (κ2) is 4.45. The minimum atomic E-state index is -0.342. The van der Waals surface area contributed by atoms with E-state index in [1.165, 1.54) is 0 Å². The van der Waals surface area contributed by atoms with Gasteiger partial charge in [-0.3, -0.25) is 0 Å². The second-order valence-electron chi connectivity index (χ2n) is 3.62. The minimum Gasteiger partial charge on any atom is -0.425 e. The normalized spacial score (nSPS) is 23.5. The highest BCUT2D eigenvalue weighted by molar-refractivity contribution is 5.80. The van der Waals surface area contributed by atoms with Crippen LogP contribution in [0.15, 0.2) is 30.3 Å². The molecule has 80 valence electrons. The van der Waals surface area contributed by atoms with Gasteiger partial charge in [-0.2, -0.15) is 0 Å². The summed E-state index contributed by atoms with van der Waals surface area (Å²) in [6.07, 6.45) is 1.69. The van der Waals surface area contributed by atoms with Gasteiger partial charge in [0.25, 0.3) is 0 Å². The molecule has 0 N–H and O–H groups in total. The van der Waals surface area contributed by atoms with Crippen LogP contribution in [0.3, 0.4) is 0 Å². The summed E-state index contributed by atoms with van der Waals surface area (Å²) >= 11 is 0. The average molecular weight is 206 g/mol. The molecule has 1 fully saturated rings. The van der Waals surface area contributed by atoms with Crippen LogP contribution in [0, 0.1) is 0 Å². The first-order valence-electron chi connectivity index (χ1n) is 5.23. The highest BCUT2D eigenvalue weighted by Gasteiger charge is 2.45. The van der Waals surface area contributed by atoms with E-state index in [0.717, 1.165) is 12.8 Å². The fraction of sp³-hybridized carbons (Fsp3) is 0.417. The molecular formula is C12H14O3. The number of ether oxygens (including phenoxy) is 2. The van der Waals surface area contributed by atoms with Gasteiger partial charge in [-0.05, 0) is 18.6 Å². The van der Waals surface area contributed by atoms with E-state index in [0.29, 0.717) is 5.75 Å². The number of epoxide rings is 1. The lowest BCUT2D eigenvalue weighted by Crippen LogP contribution is -2.17. The molecule has 1 aliphatic rings. The lowest BCUT2D eigenvalue weighted by atomic mass is 10.2. The largest absolute Gasteiger partial charge is 0.425 e. The molecule has 0 spiro atoms. The zero-order valence-electron chi connectivity index (χ0n) is 8.68. The Morgan fingerprint density at radius 1 is 1.40 bits per heavy atom. The average Bonchev–Trinajstić information content (AvgIpc) is 2.99. The SMILES string of the molecule is CCC[C@H]1O[C@@H]1C(=O)Oc1ccccc1. The quantitative estimate of drug-likeness (QED) is 0.430. The van der Waals surface area contributed by atoms with Crippen LogP contribution in [-0.2, 0) is 9.53 Å². The van der Waals surface area contributed by atoms with E-state index in [4.69, 9.17) is 9.47 Å². The molecule has 0 amide bonds. The second-order valence-corrected chi connectivity index (χ2v) is 3.62. The van der Waals surface area contributed by atoms with E-state index < -0.39 is 0 Å². The Morgan fingerprint density at radius 2 is 2.13 bits per heavy atom. The van der Waals surface area contributed by atoms with Crippen LogP contribution in [0.2, 0.25) is 0 Å². The van der Waals surface area contributed by atoms with Gasteiger partial charge in [-0.1, -0.05) is 31.5 Å². The maximum absolute atomic E-state index is 11.5. The predicted molar refractivity (Wildman–Crippen MR) is 55.6 cm³/mol. The van der Waals surface area contributed by atoms with Crippen molar-refractivity contribution in [1.29, 1.82) is 0 Å². The van der Waals surface area contributed by atoms with E-state index in [-0.39, 0.29) is 18.2 Å². The summed E-state index contributed by atoms with van der Waals surface area (Å²) in [5.41, 5.74) is 0. The summed E-state index contributed by atoms with van der Waals surface area (Å²) in [6.45, 7) is 2.07. The molecule has 0 unspecified atom stereocenters. The first-order valence-corrected chi connectivity index (χ1v) is 5.23. The minimum absolute atomic E-state index is 0.0752. The molecule has 1 saturated heterocycles. The molecule has 2 rings (SSSR count). The lowest BCUT2D eigenvalue weighted by molar-refractivity contribution is -0.135. The standard InChI is InChI=1S/C12H14O3/c1-2-6-10-11(15-10)12(13)14-9-7-4-3-5-8-9/h3-5,7-8,10-11H,2,6H2,1H3/t10-,11+/m1/s1. The molecule has 1 aromatic carbocycles. The Hall–Kier alpha value is -1.35. The van der Waals surface area contributed by atoms with Crippen LogP contribution in [0.25, 0.3) is 0 Å². The molecule has 3 nitrogen and oxygen atoms in total. The van der Waals surface area contributed by atoms with Gasteiger partial charge in [0.15, 0.2) is 6.10 Å². The first-order chi connectivity index (χ1) is 7.31. The van der Waals surface area contributed by atoms with Crippen molar-refractivity contribution in [3.63, 3.8) is 0 Å². The third-order valence-corrected chi connectivity index (χ3v) is 2.35. The summed E-state index contributed by atoms with van der Waals surface area (Å²) < 4.78 is 10.4.